The van der Waals surface area contributed by atoms with Crippen molar-refractivity contribution in [3.05, 3.63) is 114 Å². The van der Waals surface area contributed by atoms with Crippen molar-refractivity contribution in [3.63, 3.8) is 0 Å². The number of carbonyl (C=O) groups is 1. The summed E-state index contributed by atoms with van der Waals surface area (Å²) in [5.41, 5.74) is 2.41. The minimum Gasteiger partial charge on any atom is -0.494 e. The van der Waals surface area contributed by atoms with Crippen LogP contribution in [0.5, 0.6) is 5.75 Å². The van der Waals surface area contributed by atoms with Crippen LogP contribution in [0.2, 0.25) is 0 Å². The molecule has 0 heterocycles. The molecule has 0 aliphatic rings. The number of amides is 1. The number of nitrogens with one attached hydrogen (secondary N) is 1. The summed E-state index contributed by atoms with van der Waals surface area (Å²) in [6, 6.07) is 33.9. The van der Waals surface area contributed by atoms with E-state index in [-0.39, 0.29) is 5.91 Å². The van der Waals surface area contributed by atoms with E-state index in [2.05, 4.69) is 29.6 Å². The average Bonchev–Trinajstić information content (AvgIpc) is 2.86. The molecule has 4 rings (SSSR count). The fraction of sp³-hybridized carbons (Fsp3) is 0.107. The summed E-state index contributed by atoms with van der Waals surface area (Å²) in [5, 5.41) is 3.09. The van der Waals surface area contributed by atoms with Crippen LogP contribution in [0.4, 0.5) is 5.69 Å². The molecule has 0 aliphatic carbocycles. The van der Waals surface area contributed by atoms with Gasteiger partial charge in [0.25, 0.3) is 5.91 Å². The molecule has 0 saturated heterocycles. The van der Waals surface area contributed by atoms with Crippen LogP contribution in [0, 0.1) is 0 Å². The van der Waals surface area contributed by atoms with Crippen molar-refractivity contribution < 1.29 is 9.53 Å². The van der Waals surface area contributed by atoms with Gasteiger partial charge in [-0.25, -0.2) is 0 Å². The van der Waals surface area contributed by atoms with E-state index in [0.717, 1.165) is 32.5 Å². The molecule has 4 aromatic carbocycles. The first kappa shape index (κ1) is 23.0. The van der Waals surface area contributed by atoms with Gasteiger partial charge in [0.15, 0.2) is 0 Å². The first-order valence-electron chi connectivity index (χ1n) is 10.8. The van der Waals surface area contributed by atoms with E-state index < -0.39 is 0 Å². The minimum atomic E-state index is -0.134. The summed E-state index contributed by atoms with van der Waals surface area (Å²) < 4.78 is 5.82. The lowest BCUT2D eigenvalue weighted by molar-refractivity contribution is 0.102. The number of anilines is 1. The quantitative estimate of drug-likeness (QED) is 0.253. The fourth-order valence-electron chi connectivity index (χ4n) is 3.28. The van der Waals surface area contributed by atoms with Gasteiger partial charge in [-0.05, 0) is 61.5 Å². The zero-order valence-electron chi connectivity index (χ0n) is 18.4. The van der Waals surface area contributed by atoms with E-state index in [4.69, 9.17) is 4.74 Å². The highest BCUT2D eigenvalue weighted by Gasteiger charge is 2.13. The largest absolute Gasteiger partial charge is 0.494 e. The summed E-state index contributed by atoms with van der Waals surface area (Å²) in [7, 11) is 0. The Morgan fingerprint density at radius 1 is 0.818 bits per heavy atom. The summed E-state index contributed by atoms with van der Waals surface area (Å²) in [6.07, 6.45) is 0. The molecular formula is C28H25NO2S2. The van der Waals surface area contributed by atoms with Gasteiger partial charge in [-0.1, -0.05) is 60.3 Å². The van der Waals surface area contributed by atoms with Crippen LogP contribution in [0.25, 0.3) is 0 Å². The lowest BCUT2D eigenvalue weighted by Gasteiger charge is -2.14. The molecule has 0 radical (unpaired) electrons. The third-order valence-electron chi connectivity index (χ3n) is 4.87. The van der Waals surface area contributed by atoms with E-state index in [0.29, 0.717) is 12.2 Å². The predicted molar refractivity (Wildman–Crippen MR) is 139 cm³/mol. The molecule has 0 spiro atoms. The number of rotatable bonds is 9. The van der Waals surface area contributed by atoms with Gasteiger partial charge in [0.1, 0.15) is 5.75 Å². The molecule has 1 amide bonds. The molecule has 0 bridgehead atoms. The molecule has 1 N–H and O–H groups in total. The fourth-order valence-corrected chi connectivity index (χ4v) is 5.10. The van der Waals surface area contributed by atoms with Crippen LogP contribution in [-0.2, 0) is 5.75 Å². The highest BCUT2D eigenvalue weighted by Crippen LogP contribution is 2.34. The monoisotopic (exact) mass is 471 g/mol. The second-order valence-electron chi connectivity index (χ2n) is 7.22. The summed E-state index contributed by atoms with van der Waals surface area (Å²) in [4.78, 5) is 16.5. The number of hydrogen-bond acceptors (Lipinski definition) is 4. The highest BCUT2D eigenvalue weighted by molar-refractivity contribution is 7.99. The van der Waals surface area contributed by atoms with Gasteiger partial charge >= 0.3 is 0 Å². The lowest BCUT2D eigenvalue weighted by Crippen LogP contribution is -2.13. The third-order valence-corrected chi connectivity index (χ3v) is 7.01. The van der Waals surface area contributed by atoms with Gasteiger partial charge in [-0.15, -0.1) is 11.8 Å². The Morgan fingerprint density at radius 2 is 1.48 bits per heavy atom. The normalized spacial score (nSPS) is 10.6. The SMILES string of the molecule is CCOc1ccc(C(=O)Nc2ccccc2Sc2ccccc2)cc1CSc1ccccc1. The number of para-hydroxylation sites is 1. The molecular weight excluding hydrogens is 446 g/mol. The second-order valence-corrected chi connectivity index (χ2v) is 9.39. The zero-order chi connectivity index (χ0) is 22.9. The van der Waals surface area contributed by atoms with Crippen LogP contribution >= 0.6 is 23.5 Å². The second kappa shape index (κ2) is 11.6. The Bertz CT molecular complexity index is 1200. The molecule has 0 atom stereocenters. The van der Waals surface area contributed by atoms with Gasteiger partial charge < -0.3 is 10.1 Å². The molecule has 4 aromatic rings. The molecule has 0 saturated carbocycles. The first-order chi connectivity index (χ1) is 16.2. The number of ether oxygens (including phenoxy) is 1. The van der Waals surface area contributed by atoms with Gasteiger partial charge in [0.05, 0.1) is 12.3 Å². The molecule has 5 heteroatoms. The molecule has 0 aliphatic heterocycles. The Balaban J connectivity index is 1.52. The summed E-state index contributed by atoms with van der Waals surface area (Å²) >= 11 is 3.36. The van der Waals surface area contributed by atoms with E-state index in [1.807, 2.05) is 85.8 Å². The Kier molecular flexibility index (Phi) is 8.12. The summed E-state index contributed by atoms with van der Waals surface area (Å²) in [5.74, 6) is 1.41. The van der Waals surface area contributed by atoms with Crippen molar-refractivity contribution in [3.8, 4) is 5.75 Å². The Morgan fingerprint density at radius 3 is 2.21 bits per heavy atom. The lowest BCUT2D eigenvalue weighted by atomic mass is 10.1. The van der Waals surface area contributed by atoms with E-state index in [1.165, 1.54) is 4.90 Å². The zero-order valence-corrected chi connectivity index (χ0v) is 20.0. The van der Waals surface area contributed by atoms with Gasteiger partial charge in [-0.3, -0.25) is 4.79 Å². The van der Waals surface area contributed by atoms with Crippen molar-refractivity contribution in [2.24, 2.45) is 0 Å². The van der Waals surface area contributed by atoms with Crippen molar-refractivity contribution in [2.45, 2.75) is 27.4 Å². The van der Waals surface area contributed by atoms with E-state index in [1.54, 1.807) is 23.5 Å². The van der Waals surface area contributed by atoms with Crippen molar-refractivity contribution in [2.75, 3.05) is 11.9 Å². The van der Waals surface area contributed by atoms with Crippen LogP contribution in [-0.4, -0.2) is 12.5 Å². The van der Waals surface area contributed by atoms with Gasteiger partial charge in [-0.2, -0.15) is 0 Å². The van der Waals surface area contributed by atoms with Gasteiger partial charge in [0.2, 0.25) is 0 Å². The standard InChI is InChI=1S/C28H25NO2S2/c1-2-31-26-18-17-21(19-22(26)20-32-23-11-5-3-6-12-23)28(30)29-25-15-9-10-16-27(25)33-24-13-7-4-8-14-24/h3-19H,2,20H2,1H3,(H,29,30). The van der Waals surface area contributed by atoms with E-state index in [9.17, 15) is 4.79 Å². The maximum Gasteiger partial charge on any atom is 0.255 e. The van der Waals surface area contributed by atoms with Gasteiger partial charge in [0, 0.05) is 31.6 Å². The van der Waals surface area contributed by atoms with Crippen molar-refractivity contribution in [1.82, 2.24) is 0 Å². The minimum absolute atomic E-state index is 0.134. The molecule has 3 nitrogen and oxygen atoms in total. The van der Waals surface area contributed by atoms with Crippen molar-refractivity contribution >= 4 is 35.1 Å². The number of hydrogen-bond donors (Lipinski definition) is 1. The summed E-state index contributed by atoms with van der Waals surface area (Å²) in [6.45, 7) is 2.55. The van der Waals surface area contributed by atoms with Crippen LogP contribution in [0.3, 0.4) is 0 Å². The maximum absolute atomic E-state index is 13.1. The molecule has 33 heavy (non-hydrogen) atoms. The van der Waals surface area contributed by atoms with Crippen LogP contribution in [0.15, 0.2) is 118 Å². The smallest absolute Gasteiger partial charge is 0.255 e. The van der Waals surface area contributed by atoms with Crippen LogP contribution in [0.1, 0.15) is 22.8 Å². The number of benzene rings is 4. The molecule has 0 fully saturated rings. The molecule has 0 aromatic heterocycles. The topological polar surface area (TPSA) is 38.3 Å². The van der Waals surface area contributed by atoms with E-state index >= 15 is 0 Å². The highest BCUT2D eigenvalue weighted by atomic mass is 32.2. The first-order valence-corrected chi connectivity index (χ1v) is 12.6. The third kappa shape index (κ3) is 6.44. The molecule has 166 valence electrons. The number of carbonyl (C=O) groups excluding carboxylic acids is 1. The Hall–Kier alpha value is -3.15. The average molecular weight is 472 g/mol. The van der Waals surface area contributed by atoms with Crippen molar-refractivity contribution in [1.29, 1.82) is 0 Å². The predicted octanol–water partition coefficient (Wildman–Crippen LogP) is 7.78. The maximum atomic E-state index is 13.1. The number of thioether (sulfide) groups is 1. The molecule has 0 unspecified atom stereocenters. The van der Waals surface area contributed by atoms with Crippen LogP contribution < -0.4 is 10.1 Å². The Labute approximate surface area is 203 Å².